The van der Waals surface area contributed by atoms with Crippen molar-refractivity contribution in [2.24, 2.45) is 0 Å². The van der Waals surface area contributed by atoms with Gasteiger partial charge in [0.2, 0.25) is 0 Å². The van der Waals surface area contributed by atoms with Crippen molar-refractivity contribution in [1.29, 1.82) is 0 Å². The van der Waals surface area contributed by atoms with Crippen molar-refractivity contribution in [3.05, 3.63) is 22.3 Å². The molecule has 0 bridgehead atoms. The van der Waals surface area contributed by atoms with Gasteiger partial charge in [-0.05, 0) is 53.7 Å². The fraction of sp³-hybridized carbons (Fsp3) is 0.500. The minimum absolute atomic E-state index is 0.0931. The predicted octanol–water partition coefficient (Wildman–Crippen LogP) is 4.41. The topological polar surface area (TPSA) is 36.3 Å². The molecule has 0 amide bonds. The van der Waals surface area contributed by atoms with Gasteiger partial charge in [0.05, 0.1) is 16.2 Å². The van der Waals surface area contributed by atoms with E-state index >= 15 is 0 Å². The molecule has 1 fully saturated rings. The largest absolute Gasteiger partial charge is 0.433 e. The molecule has 0 saturated carbocycles. The van der Waals surface area contributed by atoms with Crippen LogP contribution in [0.5, 0.6) is 5.75 Å². The molecule has 3 rings (SSSR count). The summed E-state index contributed by atoms with van der Waals surface area (Å²) >= 11 is 3.35. The summed E-state index contributed by atoms with van der Waals surface area (Å²) in [5, 5.41) is 5.10. The second-order valence-electron chi connectivity index (χ2n) is 5.06. The van der Waals surface area contributed by atoms with E-state index in [4.69, 9.17) is 4.74 Å². The number of hydrogen-bond acceptors (Lipinski definition) is 3. The summed E-state index contributed by atoms with van der Waals surface area (Å²) in [4.78, 5) is 0. The average molecular weight is 361 g/mol. The number of alkyl halides is 2. The highest BCUT2D eigenvalue weighted by molar-refractivity contribution is 9.10. The molecule has 1 atom stereocenters. The van der Waals surface area contributed by atoms with E-state index in [2.05, 4.69) is 25.8 Å². The van der Waals surface area contributed by atoms with E-state index in [1.165, 1.54) is 0 Å². The second-order valence-corrected chi connectivity index (χ2v) is 5.85. The van der Waals surface area contributed by atoms with Gasteiger partial charge in [0.15, 0.2) is 6.23 Å². The van der Waals surface area contributed by atoms with Crippen LogP contribution in [0.1, 0.15) is 31.1 Å². The normalized spacial score (nSPS) is 19.4. The van der Waals surface area contributed by atoms with Crippen LogP contribution in [-0.4, -0.2) is 23.0 Å². The average Bonchev–Trinajstić information content (AvgIpc) is 2.88. The molecule has 0 aliphatic carbocycles. The number of benzene rings is 1. The number of ether oxygens (including phenoxy) is 2. The number of halogens is 3. The van der Waals surface area contributed by atoms with Crippen molar-refractivity contribution in [2.45, 2.75) is 39.0 Å². The highest BCUT2D eigenvalue weighted by Gasteiger charge is 2.22. The molecule has 1 aromatic heterocycles. The van der Waals surface area contributed by atoms with Crippen LogP contribution in [0.15, 0.2) is 16.7 Å². The number of rotatable bonds is 3. The highest BCUT2D eigenvalue weighted by Crippen LogP contribution is 2.38. The van der Waals surface area contributed by atoms with Gasteiger partial charge >= 0.3 is 6.61 Å². The van der Waals surface area contributed by atoms with E-state index in [9.17, 15) is 8.78 Å². The Kier molecular flexibility index (Phi) is 4.12. The standard InChI is InChI=1S/C14H15BrF2N2O2/c1-8-6-10-9(12(15)13(8)21-14(16)17)7-18-19(10)11-4-2-3-5-20-11/h6-7,11,14H,2-5H2,1H3. The first-order valence-corrected chi connectivity index (χ1v) is 7.60. The molecule has 21 heavy (non-hydrogen) atoms. The third-order valence-corrected chi connectivity index (χ3v) is 4.40. The molecular weight excluding hydrogens is 346 g/mol. The van der Waals surface area contributed by atoms with Crippen LogP contribution in [-0.2, 0) is 4.74 Å². The van der Waals surface area contributed by atoms with Crippen LogP contribution >= 0.6 is 15.9 Å². The van der Waals surface area contributed by atoms with Gasteiger partial charge in [-0.2, -0.15) is 13.9 Å². The molecule has 1 aliphatic heterocycles. The quantitative estimate of drug-likeness (QED) is 0.813. The molecule has 0 spiro atoms. The van der Waals surface area contributed by atoms with Gasteiger partial charge in [-0.3, -0.25) is 0 Å². The van der Waals surface area contributed by atoms with Crippen LogP contribution in [0.3, 0.4) is 0 Å². The van der Waals surface area contributed by atoms with Crippen molar-refractivity contribution < 1.29 is 18.3 Å². The molecule has 0 N–H and O–H groups in total. The van der Waals surface area contributed by atoms with E-state index in [0.717, 1.165) is 36.8 Å². The minimum Gasteiger partial charge on any atom is -0.433 e. The molecule has 1 aromatic carbocycles. The lowest BCUT2D eigenvalue weighted by molar-refractivity contribution is -0.0507. The predicted molar refractivity (Wildman–Crippen MR) is 77.6 cm³/mol. The van der Waals surface area contributed by atoms with Gasteiger partial charge in [0.25, 0.3) is 0 Å². The fourth-order valence-corrected chi connectivity index (χ4v) is 3.34. The van der Waals surface area contributed by atoms with Crippen molar-refractivity contribution in [2.75, 3.05) is 6.61 Å². The highest BCUT2D eigenvalue weighted by atomic mass is 79.9. The van der Waals surface area contributed by atoms with E-state index in [-0.39, 0.29) is 12.0 Å². The molecule has 2 heterocycles. The SMILES string of the molecule is Cc1cc2c(cnn2C2CCCCO2)c(Br)c1OC(F)F. The number of fused-ring (bicyclic) bond motifs is 1. The van der Waals surface area contributed by atoms with E-state index in [1.54, 1.807) is 13.1 Å². The smallest absolute Gasteiger partial charge is 0.387 e. The zero-order valence-corrected chi connectivity index (χ0v) is 13.1. The molecule has 1 aliphatic rings. The van der Waals surface area contributed by atoms with Crippen molar-refractivity contribution in [3.8, 4) is 5.75 Å². The Labute approximate surface area is 129 Å². The molecule has 2 aromatic rings. The Bertz CT molecular complexity index is 654. The number of aromatic nitrogens is 2. The van der Waals surface area contributed by atoms with Crippen LogP contribution in [0, 0.1) is 6.92 Å². The van der Waals surface area contributed by atoms with Gasteiger partial charge in [0.1, 0.15) is 5.75 Å². The van der Waals surface area contributed by atoms with Crippen LogP contribution in [0.4, 0.5) is 8.78 Å². The molecule has 7 heteroatoms. The Morgan fingerprint density at radius 1 is 1.48 bits per heavy atom. The summed E-state index contributed by atoms with van der Waals surface area (Å²) in [5.74, 6) is 0.154. The Morgan fingerprint density at radius 2 is 2.29 bits per heavy atom. The first kappa shape index (κ1) is 14.7. The Balaban J connectivity index is 2.06. The molecule has 1 saturated heterocycles. The lowest BCUT2D eigenvalue weighted by Crippen LogP contribution is -2.19. The first-order chi connectivity index (χ1) is 10.1. The van der Waals surface area contributed by atoms with Gasteiger partial charge in [-0.1, -0.05) is 0 Å². The summed E-state index contributed by atoms with van der Waals surface area (Å²) < 4.78 is 37.6. The zero-order chi connectivity index (χ0) is 15.0. The monoisotopic (exact) mass is 360 g/mol. The molecule has 0 radical (unpaired) electrons. The summed E-state index contributed by atoms with van der Waals surface area (Å²) in [6.45, 7) is -0.395. The van der Waals surface area contributed by atoms with Gasteiger partial charge in [-0.25, -0.2) is 4.68 Å². The number of aryl methyl sites for hydroxylation is 1. The van der Waals surface area contributed by atoms with Crippen LogP contribution < -0.4 is 4.74 Å². The Hall–Kier alpha value is -1.21. The van der Waals surface area contributed by atoms with Crippen LogP contribution in [0.2, 0.25) is 0 Å². The lowest BCUT2D eigenvalue weighted by atomic mass is 10.1. The minimum atomic E-state index is -2.85. The van der Waals surface area contributed by atoms with Gasteiger partial charge in [0, 0.05) is 12.0 Å². The zero-order valence-electron chi connectivity index (χ0n) is 11.5. The van der Waals surface area contributed by atoms with Crippen molar-refractivity contribution in [1.82, 2.24) is 9.78 Å². The third-order valence-electron chi connectivity index (χ3n) is 3.62. The number of hydrogen-bond donors (Lipinski definition) is 0. The van der Waals surface area contributed by atoms with Crippen LogP contribution in [0.25, 0.3) is 10.9 Å². The van der Waals surface area contributed by atoms with E-state index in [1.807, 2.05) is 10.7 Å². The molecule has 1 unspecified atom stereocenters. The van der Waals surface area contributed by atoms with Crippen molar-refractivity contribution in [3.63, 3.8) is 0 Å². The van der Waals surface area contributed by atoms with Gasteiger partial charge < -0.3 is 9.47 Å². The van der Waals surface area contributed by atoms with Crippen molar-refractivity contribution >= 4 is 26.8 Å². The maximum absolute atomic E-state index is 12.5. The maximum atomic E-state index is 12.5. The number of nitrogens with zero attached hydrogens (tertiary/aromatic N) is 2. The lowest BCUT2D eigenvalue weighted by Gasteiger charge is -2.23. The summed E-state index contributed by atoms with van der Waals surface area (Å²) in [6, 6.07) is 1.81. The van der Waals surface area contributed by atoms with E-state index in [0.29, 0.717) is 10.0 Å². The summed E-state index contributed by atoms with van der Waals surface area (Å²) in [5.41, 5.74) is 1.49. The second kappa shape index (κ2) is 5.88. The third kappa shape index (κ3) is 2.76. The Morgan fingerprint density at radius 3 is 2.95 bits per heavy atom. The van der Waals surface area contributed by atoms with E-state index < -0.39 is 6.61 Å². The fourth-order valence-electron chi connectivity index (χ4n) is 2.63. The molecular formula is C14H15BrF2N2O2. The molecule has 114 valence electrons. The van der Waals surface area contributed by atoms with Gasteiger partial charge in [-0.15, -0.1) is 0 Å². The summed E-state index contributed by atoms with van der Waals surface area (Å²) in [6.07, 6.45) is 4.62. The summed E-state index contributed by atoms with van der Waals surface area (Å²) in [7, 11) is 0. The first-order valence-electron chi connectivity index (χ1n) is 6.80. The molecule has 4 nitrogen and oxygen atoms in total. The maximum Gasteiger partial charge on any atom is 0.387 e.